The van der Waals surface area contributed by atoms with Gasteiger partial charge < -0.3 is 5.32 Å². The van der Waals surface area contributed by atoms with Gasteiger partial charge in [-0.25, -0.2) is 13.8 Å². The number of aromatic nitrogens is 2. The minimum atomic E-state index is -0.557. The molecular formula is C15H15F2N3S. The predicted octanol–water partition coefficient (Wildman–Crippen LogP) is 3.57. The van der Waals surface area contributed by atoms with Crippen LogP contribution in [0.3, 0.4) is 0 Å². The third-order valence-corrected chi connectivity index (χ3v) is 4.06. The third kappa shape index (κ3) is 3.11. The van der Waals surface area contributed by atoms with Crippen LogP contribution in [0.5, 0.6) is 0 Å². The maximum atomic E-state index is 13.4. The minimum Gasteiger partial charge on any atom is -0.310 e. The first-order valence-corrected chi connectivity index (χ1v) is 7.64. The fourth-order valence-electron chi connectivity index (χ4n) is 2.41. The summed E-state index contributed by atoms with van der Waals surface area (Å²) in [5, 5.41) is 5.23. The molecule has 1 N–H and O–H groups in total. The summed E-state index contributed by atoms with van der Waals surface area (Å²) in [5.74, 6) is -1.11. The lowest BCUT2D eigenvalue weighted by Crippen LogP contribution is -2.23. The van der Waals surface area contributed by atoms with Gasteiger partial charge in [0.2, 0.25) is 0 Å². The van der Waals surface area contributed by atoms with Crippen LogP contribution in [0.15, 0.2) is 36.0 Å². The van der Waals surface area contributed by atoms with Gasteiger partial charge in [0.15, 0.2) is 4.96 Å². The second-order valence-electron chi connectivity index (χ2n) is 4.84. The molecule has 0 amide bonds. The van der Waals surface area contributed by atoms with E-state index in [0.717, 1.165) is 16.7 Å². The molecule has 1 aromatic carbocycles. The number of rotatable bonds is 5. The van der Waals surface area contributed by atoms with Crippen molar-refractivity contribution in [1.29, 1.82) is 0 Å². The Hall–Kier alpha value is -1.79. The Morgan fingerprint density at radius 2 is 2.05 bits per heavy atom. The third-order valence-electron chi connectivity index (χ3n) is 3.29. The molecule has 0 bridgehead atoms. The quantitative estimate of drug-likeness (QED) is 0.781. The topological polar surface area (TPSA) is 29.3 Å². The number of halogens is 2. The lowest BCUT2D eigenvalue weighted by Gasteiger charge is -2.17. The van der Waals surface area contributed by atoms with Gasteiger partial charge in [-0.05, 0) is 24.2 Å². The van der Waals surface area contributed by atoms with Gasteiger partial charge in [0.05, 0.1) is 5.69 Å². The molecule has 3 nitrogen and oxygen atoms in total. The minimum absolute atomic E-state index is 0.162. The summed E-state index contributed by atoms with van der Waals surface area (Å²) < 4.78 is 28.8. The number of hydrogen-bond acceptors (Lipinski definition) is 3. The van der Waals surface area contributed by atoms with Crippen molar-refractivity contribution in [3.63, 3.8) is 0 Å². The molecule has 1 unspecified atom stereocenters. The van der Waals surface area contributed by atoms with Crippen molar-refractivity contribution in [3.8, 4) is 0 Å². The number of nitrogens with zero attached hydrogens (tertiary/aromatic N) is 2. The Kier molecular flexibility index (Phi) is 3.98. The summed E-state index contributed by atoms with van der Waals surface area (Å²) >= 11 is 1.56. The van der Waals surface area contributed by atoms with Crippen LogP contribution in [0.25, 0.3) is 4.96 Å². The van der Waals surface area contributed by atoms with Crippen molar-refractivity contribution in [2.45, 2.75) is 19.4 Å². The van der Waals surface area contributed by atoms with Crippen LogP contribution in [0.1, 0.15) is 24.2 Å². The highest BCUT2D eigenvalue weighted by atomic mass is 32.1. The Morgan fingerprint density at radius 3 is 2.71 bits per heavy atom. The Labute approximate surface area is 125 Å². The lowest BCUT2D eigenvalue weighted by molar-refractivity contribution is 0.526. The van der Waals surface area contributed by atoms with E-state index in [1.54, 1.807) is 11.3 Å². The zero-order chi connectivity index (χ0) is 14.8. The number of imidazole rings is 1. The van der Waals surface area contributed by atoms with E-state index in [1.807, 2.05) is 29.1 Å². The number of fused-ring (bicyclic) bond motifs is 1. The molecule has 0 aliphatic rings. The molecule has 0 fully saturated rings. The van der Waals surface area contributed by atoms with Crippen molar-refractivity contribution in [2.75, 3.05) is 6.54 Å². The van der Waals surface area contributed by atoms with E-state index in [4.69, 9.17) is 0 Å². The smallest absolute Gasteiger partial charge is 0.193 e. The summed E-state index contributed by atoms with van der Waals surface area (Å²) in [5.41, 5.74) is 1.50. The second kappa shape index (κ2) is 5.91. The fraction of sp³-hybridized carbons (Fsp3) is 0.267. The molecule has 0 spiro atoms. The number of likely N-dealkylation sites (N-methyl/N-ethyl adjacent to an activating group) is 1. The van der Waals surface area contributed by atoms with E-state index in [2.05, 4.69) is 10.3 Å². The summed E-state index contributed by atoms with van der Waals surface area (Å²) in [6.45, 7) is 2.68. The van der Waals surface area contributed by atoms with Crippen LogP contribution in [-0.4, -0.2) is 15.9 Å². The molecular weight excluding hydrogens is 292 g/mol. The maximum Gasteiger partial charge on any atom is 0.193 e. The summed E-state index contributed by atoms with van der Waals surface area (Å²) in [7, 11) is 0. The summed E-state index contributed by atoms with van der Waals surface area (Å²) in [6, 6.07) is 3.47. The maximum absolute atomic E-state index is 13.4. The van der Waals surface area contributed by atoms with E-state index in [0.29, 0.717) is 18.5 Å². The normalized spacial score (nSPS) is 12.9. The monoisotopic (exact) mass is 307 g/mol. The van der Waals surface area contributed by atoms with Crippen LogP contribution < -0.4 is 5.32 Å². The highest BCUT2D eigenvalue weighted by molar-refractivity contribution is 7.15. The van der Waals surface area contributed by atoms with Crippen molar-refractivity contribution < 1.29 is 8.78 Å². The highest BCUT2D eigenvalue weighted by Crippen LogP contribution is 2.21. The molecule has 0 saturated heterocycles. The largest absolute Gasteiger partial charge is 0.310 e. The second-order valence-corrected chi connectivity index (χ2v) is 5.72. The van der Waals surface area contributed by atoms with Gasteiger partial charge in [-0.3, -0.25) is 4.40 Å². The van der Waals surface area contributed by atoms with Gasteiger partial charge in [0, 0.05) is 36.3 Å². The van der Waals surface area contributed by atoms with Crippen LogP contribution in [0, 0.1) is 11.6 Å². The first-order chi connectivity index (χ1) is 10.2. The van der Waals surface area contributed by atoms with Gasteiger partial charge in [-0.2, -0.15) is 0 Å². The van der Waals surface area contributed by atoms with Crippen LogP contribution in [-0.2, 0) is 6.42 Å². The number of nitrogens with one attached hydrogen (secondary N) is 1. The van der Waals surface area contributed by atoms with E-state index >= 15 is 0 Å². The Balaban J connectivity index is 1.88. The van der Waals surface area contributed by atoms with Gasteiger partial charge in [0.1, 0.15) is 11.6 Å². The highest BCUT2D eigenvalue weighted by Gasteiger charge is 2.15. The van der Waals surface area contributed by atoms with Crippen molar-refractivity contribution in [2.24, 2.45) is 0 Å². The van der Waals surface area contributed by atoms with Crippen molar-refractivity contribution in [1.82, 2.24) is 14.7 Å². The van der Waals surface area contributed by atoms with Crippen LogP contribution in [0.2, 0.25) is 0 Å². The standard InChI is InChI=1S/C15H15F2N3S/c1-2-18-14(10-5-11(16)7-12(17)6-10)8-13-9-20-3-4-21-15(20)19-13/h3-7,9,14,18H,2,8H2,1H3. The fourth-order valence-corrected chi connectivity index (χ4v) is 3.13. The average Bonchev–Trinajstić information content (AvgIpc) is 2.97. The Morgan fingerprint density at radius 1 is 1.29 bits per heavy atom. The molecule has 3 rings (SSSR count). The van der Waals surface area contributed by atoms with Gasteiger partial charge >= 0.3 is 0 Å². The van der Waals surface area contributed by atoms with Gasteiger partial charge in [0.25, 0.3) is 0 Å². The molecule has 0 aliphatic carbocycles. The van der Waals surface area contributed by atoms with E-state index < -0.39 is 11.6 Å². The molecule has 2 heterocycles. The molecule has 2 aromatic heterocycles. The van der Waals surface area contributed by atoms with Crippen molar-refractivity contribution in [3.05, 3.63) is 58.9 Å². The summed E-state index contributed by atoms with van der Waals surface area (Å²) in [4.78, 5) is 5.44. The first kappa shape index (κ1) is 14.2. The molecule has 3 aromatic rings. The number of benzene rings is 1. The SMILES string of the molecule is CCNC(Cc1cn2ccsc2n1)c1cc(F)cc(F)c1. The van der Waals surface area contributed by atoms with E-state index in [-0.39, 0.29) is 6.04 Å². The molecule has 1 atom stereocenters. The molecule has 0 aliphatic heterocycles. The predicted molar refractivity (Wildman–Crippen MR) is 79.5 cm³/mol. The van der Waals surface area contributed by atoms with E-state index in [1.165, 1.54) is 12.1 Å². The number of hydrogen-bond donors (Lipinski definition) is 1. The van der Waals surface area contributed by atoms with Crippen molar-refractivity contribution >= 4 is 16.3 Å². The molecule has 0 saturated carbocycles. The van der Waals surface area contributed by atoms with Gasteiger partial charge in [-0.15, -0.1) is 11.3 Å². The number of thiazole rings is 1. The van der Waals surface area contributed by atoms with Crippen LogP contribution in [0.4, 0.5) is 8.78 Å². The van der Waals surface area contributed by atoms with Gasteiger partial charge in [-0.1, -0.05) is 6.92 Å². The Bertz CT molecular complexity index is 702. The molecule has 110 valence electrons. The first-order valence-electron chi connectivity index (χ1n) is 6.76. The zero-order valence-electron chi connectivity index (χ0n) is 11.5. The van der Waals surface area contributed by atoms with Crippen LogP contribution >= 0.6 is 11.3 Å². The zero-order valence-corrected chi connectivity index (χ0v) is 12.3. The lowest BCUT2D eigenvalue weighted by atomic mass is 10.0. The average molecular weight is 307 g/mol. The molecule has 0 radical (unpaired) electrons. The van der Waals surface area contributed by atoms with E-state index in [9.17, 15) is 8.78 Å². The molecule has 6 heteroatoms. The molecule has 21 heavy (non-hydrogen) atoms. The summed E-state index contributed by atoms with van der Waals surface area (Å²) in [6.07, 6.45) is 4.48.